The van der Waals surface area contributed by atoms with E-state index in [0.29, 0.717) is 35.3 Å². The first-order chi connectivity index (χ1) is 15.9. The Hall–Kier alpha value is -1.46. The number of likely N-dealkylation sites (N-methyl/N-ethyl adjacent to an activating group) is 1. The Morgan fingerprint density at radius 2 is 1.83 bits per heavy atom. The average molecular weight is 518 g/mol. The quantitative estimate of drug-likeness (QED) is 0.513. The van der Waals surface area contributed by atoms with Gasteiger partial charge in [0, 0.05) is 19.8 Å². The van der Waals surface area contributed by atoms with Gasteiger partial charge in [0.25, 0.3) is 0 Å². The van der Waals surface area contributed by atoms with E-state index >= 15 is 0 Å². The van der Waals surface area contributed by atoms with Crippen molar-refractivity contribution in [3.05, 3.63) is 47.0 Å². The van der Waals surface area contributed by atoms with Crippen LogP contribution >= 0.6 is 0 Å². The molecule has 3 rings (SSSR count). The molecule has 0 saturated carbocycles. The SMILES string of the molecule is CC(C)c1cc(F)cc(C(C)C)c1CC(=O)NS(=O)(=O)N(c1cnn(C)c1)C1CCCN(C)C1.[H-].[Na+]. The fourth-order valence-electron chi connectivity index (χ4n) is 4.70. The summed E-state index contributed by atoms with van der Waals surface area (Å²) in [6.07, 6.45) is 4.51. The molecule has 1 saturated heterocycles. The van der Waals surface area contributed by atoms with Crippen LogP contribution in [0.3, 0.4) is 0 Å². The molecule has 35 heavy (non-hydrogen) atoms. The van der Waals surface area contributed by atoms with Crippen LogP contribution in [0.1, 0.15) is 70.5 Å². The van der Waals surface area contributed by atoms with Gasteiger partial charge in [-0.05, 0) is 67.1 Å². The van der Waals surface area contributed by atoms with Crippen molar-refractivity contribution in [3.63, 3.8) is 0 Å². The average Bonchev–Trinajstić information content (AvgIpc) is 3.13. The molecule has 8 nitrogen and oxygen atoms in total. The summed E-state index contributed by atoms with van der Waals surface area (Å²) in [5, 5.41) is 4.13. The van der Waals surface area contributed by atoms with Crippen molar-refractivity contribution in [1.82, 2.24) is 19.4 Å². The molecule has 2 aromatic rings. The number of nitrogens with one attached hydrogen (secondary N) is 1. The van der Waals surface area contributed by atoms with Crippen LogP contribution in [0.4, 0.5) is 10.1 Å². The molecular weight excluding hydrogens is 480 g/mol. The minimum absolute atomic E-state index is 0. The van der Waals surface area contributed by atoms with Crippen molar-refractivity contribution in [3.8, 4) is 0 Å². The molecule has 0 radical (unpaired) electrons. The maximum absolute atomic E-state index is 14.3. The molecule has 1 N–H and O–H groups in total. The molecule has 0 aliphatic carbocycles. The predicted octanol–water partition coefficient (Wildman–Crippen LogP) is 0.427. The second-order valence-electron chi connectivity index (χ2n) is 9.81. The summed E-state index contributed by atoms with van der Waals surface area (Å²) in [6, 6.07) is 2.55. The zero-order valence-corrected chi connectivity index (χ0v) is 24.7. The van der Waals surface area contributed by atoms with Crippen molar-refractivity contribution >= 4 is 21.8 Å². The van der Waals surface area contributed by atoms with Crippen molar-refractivity contribution in [1.29, 1.82) is 0 Å². The van der Waals surface area contributed by atoms with E-state index in [0.717, 1.165) is 13.0 Å². The first kappa shape index (κ1) is 29.8. The van der Waals surface area contributed by atoms with E-state index in [-0.39, 0.29) is 61.1 Å². The van der Waals surface area contributed by atoms with Crippen LogP contribution in [-0.4, -0.2) is 55.2 Å². The summed E-state index contributed by atoms with van der Waals surface area (Å²) in [5.41, 5.74) is 2.53. The molecule has 1 atom stereocenters. The number of amides is 1. The molecule has 1 fully saturated rings. The number of halogens is 1. The van der Waals surface area contributed by atoms with Gasteiger partial charge in [0.2, 0.25) is 5.91 Å². The number of carbonyl (C=O) groups is 1. The monoisotopic (exact) mass is 517 g/mol. The number of aryl methyl sites for hydroxylation is 1. The van der Waals surface area contributed by atoms with Gasteiger partial charge in [0.05, 0.1) is 24.3 Å². The first-order valence-electron chi connectivity index (χ1n) is 11.7. The Morgan fingerprint density at radius 3 is 2.31 bits per heavy atom. The smallest absolute Gasteiger partial charge is 1.00 e. The molecule has 1 aromatic heterocycles. The maximum Gasteiger partial charge on any atom is 1.00 e. The standard InChI is InChI=1S/C24H36FN5O3S.Na.H/c1-16(2)21-10-18(25)11-22(17(3)4)23(21)12-24(31)27-34(32,33)30(20-13-26-29(6)15-20)19-8-7-9-28(5)14-19;;/h10-11,13,15-17,19H,7-9,12,14H2,1-6H3,(H,27,31);;/q;+1;-1. The number of hydrogen-bond acceptors (Lipinski definition) is 5. The van der Waals surface area contributed by atoms with Crippen LogP contribution in [0.5, 0.6) is 0 Å². The van der Waals surface area contributed by atoms with Crippen LogP contribution in [0.25, 0.3) is 0 Å². The van der Waals surface area contributed by atoms with Crippen molar-refractivity contribution in [2.75, 3.05) is 24.4 Å². The van der Waals surface area contributed by atoms with Gasteiger partial charge in [-0.15, -0.1) is 0 Å². The van der Waals surface area contributed by atoms with Gasteiger partial charge in [-0.3, -0.25) is 9.48 Å². The molecule has 1 aromatic carbocycles. The third kappa shape index (κ3) is 7.29. The number of carbonyl (C=O) groups excluding carboxylic acids is 1. The summed E-state index contributed by atoms with van der Waals surface area (Å²) in [6.45, 7) is 9.17. The van der Waals surface area contributed by atoms with E-state index in [1.54, 1.807) is 13.2 Å². The molecule has 11 heteroatoms. The fourth-order valence-corrected chi connectivity index (χ4v) is 6.10. The van der Waals surface area contributed by atoms with Gasteiger partial charge in [0.1, 0.15) is 5.82 Å². The third-order valence-electron chi connectivity index (χ3n) is 6.24. The summed E-state index contributed by atoms with van der Waals surface area (Å²) in [4.78, 5) is 15.2. The Morgan fingerprint density at radius 1 is 1.23 bits per heavy atom. The number of nitrogens with zero attached hydrogens (tertiary/aromatic N) is 4. The normalized spacial score (nSPS) is 16.9. The summed E-state index contributed by atoms with van der Waals surface area (Å²) < 4.78 is 46.4. The number of rotatable bonds is 8. The topological polar surface area (TPSA) is 87.5 Å². The van der Waals surface area contributed by atoms with E-state index < -0.39 is 16.1 Å². The second-order valence-corrected chi connectivity index (χ2v) is 11.4. The Bertz CT molecular complexity index is 1110. The fraction of sp³-hybridized carbons (Fsp3) is 0.583. The maximum atomic E-state index is 14.3. The molecule has 1 aliphatic rings. The van der Waals surface area contributed by atoms with E-state index in [1.165, 1.54) is 27.3 Å². The van der Waals surface area contributed by atoms with Crippen molar-refractivity contribution < 1.29 is 48.6 Å². The minimum atomic E-state index is -4.20. The number of benzene rings is 1. The Kier molecular flexibility index (Phi) is 10.4. The van der Waals surface area contributed by atoms with E-state index in [4.69, 9.17) is 0 Å². The van der Waals surface area contributed by atoms with Gasteiger partial charge in [-0.1, -0.05) is 27.7 Å². The van der Waals surface area contributed by atoms with Crippen molar-refractivity contribution in [2.45, 2.75) is 64.8 Å². The van der Waals surface area contributed by atoms with Gasteiger partial charge in [0.15, 0.2) is 0 Å². The van der Waals surface area contributed by atoms with Crippen molar-refractivity contribution in [2.24, 2.45) is 7.05 Å². The molecule has 1 unspecified atom stereocenters. The largest absolute Gasteiger partial charge is 1.00 e. The molecule has 1 aliphatic heterocycles. The van der Waals surface area contributed by atoms with Crippen LogP contribution in [-0.2, 0) is 28.5 Å². The van der Waals surface area contributed by atoms with Gasteiger partial charge < -0.3 is 6.33 Å². The Labute approximate surface area is 232 Å². The Balaban J connectivity index is 0.00000324. The number of piperidine rings is 1. The third-order valence-corrected chi connectivity index (χ3v) is 7.76. The minimum Gasteiger partial charge on any atom is -1.00 e. The van der Waals surface area contributed by atoms with Crippen LogP contribution in [0.2, 0.25) is 0 Å². The summed E-state index contributed by atoms with van der Waals surface area (Å²) in [7, 11) is -0.529. The number of hydrogen-bond donors (Lipinski definition) is 1. The van der Waals surface area contributed by atoms with Gasteiger partial charge in [-0.2, -0.15) is 13.5 Å². The van der Waals surface area contributed by atoms with Crippen LogP contribution < -0.4 is 38.6 Å². The zero-order chi connectivity index (χ0) is 25.2. The van der Waals surface area contributed by atoms with E-state index in [1.807, 2.05) is 34.7 Å². The molecular formula is C24H37FN5NaO3S. The number of likely N-dealkylation sites (tertiary alicyclic amines) is 1. The number of anilines is 1. The molecule has 1 amide bonds. The zero-order valence-electron chi connectivity index (χ0n) is 22.9. The van der Waals surface area contributed by atoms with Crippen LogP contribution in [0, 0.1) is 5.82 Å². The van der Waals surface area contributed by atoms with E-state index in [2.05, 4.69) is 14.7 Å². The molecule has 0 bridgehead atoms. The molecule has 190 valence electrons. The van der Waals surface area contributed by atoms with Gasteiger partial charge >= 0.3 is 39.8 Å². The summed E-state index contributed by atoms with van der Waals surface area (Å²) in [5.74, 6) is -1.03. The van der Waals surface area contributed by atoms with Gasteiger partial charge in [-0.25, -0.2) is 13.4 Å². The first-order valence-corrected chi connectivity index (χ1v) is 13.2. The molecule has 0 spiro atoms. The number of aromatic nitrogens is 2. The molecule has 2 heterocycles. The summed E-state index contributed by atoms with van der Waals surface area (Å²) >= 11 is 0. The predicted molar refractivity (Wildman–Crippen MR) is 133 cm³/mol. The second kappa shape index (κ2) is 12.2. The van der Waals surface area contributed by atoms with Crippen LogP contribution in [0.15, 0.2) is 24.5 Å². The van der Waals surface area contributed by atoms with E-state index in [9.17, 15) is 17.6 Å².